The van der Waals surface area contributed by atoms with E-state index >= 15 is 0 Å². The molecule has 0 unspecified atom stereocenters. The Hall–Kier alpha value is 2.25. The second-order valence-electron chi connectivity index (χ2n) is 1.78. The van der Waals surface area contributed by atoms with E-state index in [4.69, 9.17) is 31.8 Å². The average Bonchev–Trinajstić information content (AvgIpc) is 1.63. The van der Waals surface area contributed by atoms with Gasteiger partial charge in [-0.15, -0.1) is 0 Å². The third kappa shape index (κ3) is 134. The topological polar surface area (TPSA) is 273 Å². The SMILES string of the molecule is [Na+].[Na+].[O]=[Cr](=[O])([O-])[O][Cr](=[O])(=[O])[O-].[O]=[Cr](=[O])([OH])[OH].[O]=[Cr](=[O])([OH])[OH]. The van der Waals surface area contributed by atoms with Crippen molar-refractivity contribution in [3.05, 3.63) is 0 Å². The first-order valence-corrected chi connectivity index (χ1v) is 11.3. The quantitative estimate of drug-likeness (QED) is 0.257. The van der Waals surface area contributed by atoms with E-state index in [2.05, 4.69) is 2.84 Å². The first-order valence-electron chi connectivity index (χ1n) is 2.73. The van der Waals surface area contributed by atoms with Crippen LogP contribution in [0.2, 0.25) is 0 Å². The molecule has 15 nitrogen and oxygen atoms in total. The molecule has 4 N–H and O–H groups in total. The Kier molecular flexibility index (Phi) is 22.3. The van der Waals surface area contributed by atoms with Crippen LogP contribution in [0.5, 0.6) is 0 Å². The minimum atomic E-state index is -6.07. The molecule has 0 aliphatic heterocycles. The molecular weight excluding hydrogens is 494 g/mol. The second-order valence-corrected chi connectivity index (χ2v) is 8.22. The summed E-state index contributed by atoms with van der Waals surface area (Å²) in [5.74, 6) is 0. The summed E-state index contributed by atoms with van der Waals surface area (Å²) >= 11 is -22.6. The summed E-state index contributed by atoms with van der Waals surface area (Å²) in [5.41, 5.74) is 0. The van der Waals surface area contributed by atoms with Crippen molar-refractivity contribution in [3.63, 3.8) is 0 Å². The van der Waals surface area contributed by atoms with Crippen LogP contribution in [0.3, 0.4) is 0 Å². The Bertz CT molecular complexity index is 567. The summed E-state index contributed by atoms with van der Waals surface area (Å²) in [7, 11) is 0. The molecule has 0 aliphatic carbocycles. The predicted molar refractivity (Wildman–Crippen MR) is 15.5 cm³/mol. The van der Waals surface area contributed by atoms with Gasteiger partial charge in [0.15, 0.2) is 0 Å². The van der Waals surface area contributed by atoms with E-state index in [1.807, 2.05) is 0 Å². The Morgan fingerprint density at radius 2 is 0.667 bits per heavy atom. The second kappa shape index (κ2) is 13.5. The summed E-state index contributed by atoms with van der Waals surface area (Å²) in [5, 5.41) is 0. The molecule has 0 saturated carbocycles. The number of hydrogen-bond donors (Lipinski definition) is 4. The summed E-state index contributed by atoms with van der Waals surface area (Å²) in [6.07, 6.45) is 0. The van der Waals surface area contributed by atoms with Crippen LogP contribution in [0.15, 0.2) is 0 Å². The van der Waals surface area contributed by atoms with E-state index in [9.17, 15) is 23.5 Å². The molecule has 120 valence electrons. The molecule has 0 aromatic carbocycles. The molecule has 0 heterocycles. The Balaban J connectivity index is -0.0000000622. The molecule has 0 aromatic rings. The summed E-state index contributed by atoms with van der Waals surface area (Å²) in [4.78, 5) is 0. The van der Waals surface area contributed by atoms with Gasteiger partial charge in [0, 0.05) is 0 Å². The van der Waals surface area contributed by atoms with E-state index in [1.165, 1.54) is 0 Å². The molecule has 0 fully saturated rings. The molecule has 0 atom stereocenters. The van der Waals surface area contributed by atoms with E-state index in [1.54, 1.807) is 0 Å². The fourth-order valence-corrected chi connectivity index (χ4v) is 1.74. The van der Waals surface area contributed by atoms with Crippen LogP contribution in [0, 0.1) is 0 Å². The molecule has 0 rings (SSSR count). The van der Waals surface area contributed by atoms with Crippen molar-refractivity contribution >= 4 is 0 Å². The van der Waals surface area contributed by atoms with E-state index in [-0.39, 0.29) is 59.1 Å². The van der Waals surface area contributed by atoms with Gasteiger partial charge >= 0.3 is 172 Å². The molecule has 0 saturated heterocycles. The van der Waals surface area contributed by atoms with Gasteiger partial charge in [0.25, 0.3) is 0 Å². The van der Waals surface area contributed by atoms with E-state index < -0.39 is 54.5 Å². The van der Waals surface area contributed by atoms with Crippen molar-refractivity contribution in [3.8, 4) is 0 Å². The molecule has 0 bridgehead atoms. The minimum absolute atomic E-state index is 0. The van der Waals surface area contributed by atoms with Crippen LogP contribution in [0.4, 0.5) is 0 Å². The maximum atomic E-state index is 9.38. The van der Waals surface area contributed by atoms with Crippen molar-refractivity contribution in [1.82, 2.24) is 0 Å². The Morgan fingerprint density at radius 3 is 0.667 bits per heavy atom. The van der Waals surface area contributed by atoms with Gasteiger partial charge in [-0.1, -0.05) is 0 Å². The van der Waals surface area contributed by atoms with Crippen LogP contribution < -0.4 is 67.4 Å². The van der Waals surface area contributed by atoms with Crippen LogP contribution in [0.1, 0.15) is 0 Å². The Labute approximate surface area is 169 Å². The van der Waals surface area contributed by atoms with Crippen LogP contribution in [-0.4, -0.2) is 16.6 Å². The summed E-state index contributed by atoms with van der Waals surface area (Å²) < 4.78 is 123. The summed E-state index contributed by atoms with van der Waals surface area (Å²) in [6, 6.07) is 0. The van der Waals surface area contributed by atoms with Crippen molar-refractivity contribution in [2.75, 3.05) is 0 Å². The van der Waals surface area contributed by atoms with Gasteiger partial charge in [-0.05, 0) is 0 Å². The first-order chi connectivity index (χ1) is 7.71. The summed E-state index contributed by atoms with van der Waals surface area (Å²) in [6.45, 7) is 0. The standard InChI is InChI=1S/4Cr.2Na.4H2O.11O/h;;;;;;4*1H2;;;;;;;;;;;/q;;2*+2;2*+1;;;;;;;;;;;;;;2*-1/p-4. The predicted octanol–water partition coefficient (Wildman–Crippen LogP) is -11.6. The van der Waals surface area contributed by atoms with Crippen LogP contribution >= 0.6 is 0 Å². The third-order valence-electron chi connectivity index (χ3n) is 0.167. The zero-order chi connectivity index (χ0) is 16.7. The average molecular weight is 498 g/mol. The molecule has 0 amide bonds. The Morgan fingerprint density at radius 1 is 0.571 bits per heavy atom. The van der Waals surface area contributed by atoms with Crippen LogP contribution in [-0.2, 0) is 87.7 Å². The molecule has 21 heteroatoms. The number of rotatable bonds is 2. The number of hydrogen-bond acceptors (Lipinski definition) is 11. The van der Waals surface area contributed by atoms with Gasteiger partial charge in [-0.3, -0.25) is 0 Å². The normalized spacial score (nSPS) is 11.3. The van der Waals surface area contributed by atoms with Gasteiger partial charge in [-0.2, -0.15) is 0 Å². The van der Waals surface area contributed by atoms with Crippen molar-refractivity contribution in [2.45, 2.75) is 0 Å². The van der Waals surface area contributed by atoms with Gasteiger partial charge in [0.1, 0.15) is 0 Å². The zero-order valence-electron chi connectivity index (χ0n) is 9.91. The molecular formula is H4Cr4Na2O15. The van der Waals surface area contributed by atoms with Crippen molar-refractivity contribution in [1.29, 1.82) is 0 Å². The maximum absolute atomic E-state index is 9.38. The molecule has 0 aromatic heterocycles. The van der Waals surface area contributed by atoms with Crippen molar-refractivity contribution < 1.29 is 172 Å². The van der Waals surface area contributed by atoms with Crippen molar-refractivity contribution in [2.24, 2.45) is 0 Å². The fourth-order valence-electron chi connectivity index (χ4n) is 0.102. The van der Waals surface area contributed by atoms with Gasteiger partial charge in [-0.25, -0.2) is 0 Å². The van der Waals surface area contributed by atoms with Gasteiger partial charge < -0.3 is 0 Å². The molecule has 0 spiro atoms. The zero-order valence-corrected chi connectivity index (χ0v) is 19.0. The van der Waals surface area contributed by atoms with Gasteiger partial charge in [0.05, 0.1) is 0 Å². The molecule has 21 heavy (non-hydrogen) atoms. The third-order valence-corrected chi connectivity index (χ3v) is 2.83. The van der Waals surface area contributed by atoms with E-state index in [0.717, 1.165) is 0 Å². The fraction of sp³-hybridized carbons (Fsp3) is 0. The van der Waals surface area contributed by atoms with Gasteiger partial charge in [0.2, 0.25) is 0 Å². The molecule has 0 radical (unpaired) electrons. The first kappa shape index (κ1) is 34.6. The monoisotopic (exact) mass is 498 g/mol. The molecule has 0 aliphatic rings. The van der Waals surface area contributed by atoms with E-state index in [0.29, 0.717) is 0 Å². The van der Waals surface area contributed by atoms with Crippen LogP contribution in [0.25, 0.3) is 0 Å².